The van der Waals surface area contributed by atoms with Gasteiger partial charge in [0.25, 0.3) is 0 Å². The predicted octanol–water partition coefficient (Wildman–Crippen LogP) is 4.26. The van der Waals surface area contributed by atoms with Crippen LogP contribution in [0, 0.1) is 6.92 Å². The van der Waals surface area contributed by atoms with Crippen molar-refractivity contribution in [3.63, 3.8) is 0 Å². The molecule has 0 aliphatic heterocycles. The van der Waals surface area contributed by atoms with Crippen LogP contribution in [0.2, 0.25) is 0 Å². The molecule has 0 fully saturated rings. The number of hydrogen-bond donors (Lipinski definition) is 1. The Bertz CT molecular complexity index is 586. The molecule has 2 aromatic rings. The van der Waals surface area contributed by atoms with Gasteiger partial charge in [-0.2, -0.15) is 0 Å². The van der Waals surface area contributed by atoms with E-state index in [0.717, 1.165) is 44.8 Å². The lowest BCUT2D eigenvalue weighted by molar-refractivity contribution is 0.318. The molecule has 0 saturated carbocycles. The third-order valence-electron chi connectivity index (χ3n) is 3.94. The van der Waals surface area contributed by atoms with E-state index in [4.69, 9.17) is 4.74 Å². The molecule has 0 amide bonds. The fraction of sp³-hybridized carbons (Fsp3) is 0.556. The Morgan fingerprint density at radius 1 is 1.14 bits per heavy atom. The first-order chi connectivity index (χ1) is 10.2. The van der Waals surface area contributed by atoms with Crippen LogP contribution in [0.15, 0.2) is 18.2 Å². The summed E-state index contributed by atoms with van der Waals surface area (Å²) in [5.41, 5.74) is 4.08. The molecule has 0 aliphatic carbocycles. The second-order valence-electron chi connectivity index (χ2n) is 5.51. The van der Waals surface area contributed by atoms with E-state index in [2.05, 4.69) is 55.8 Å². The Kier molecular flexibility index (Phi) is 5.68. The summed E-state index contributed by atoms with van der Waals surface area (Å²) >= 11 is 0. The van der Waals surface area contributed by atoms with E-state index in [1.165, 1.54) is 22.2 Å². The van der Waals surface area contributed by atoms with E-state index < -0.39 is 0 Å². The van der Waals surface area contributed by atoms with Gasteiger partial charge in [0.2, 0.25) is 0 Å². The largest absolute Gasteiger partial charge is 0.494 e. The van der Waals surface area contributed by atoms with Crippen LogP contribution < -0.4 is 10.1 Å². The molecule has 1 heterocycles. The molecule has 3 heteroatoms. The van der Waals surface area contributed by atoms with Gasteiger partial charge < -0.3 is 14.6 Å². The number of benzene rings is 1. The van der Waals surface area contributed by atoms with Crippen LogP contribution in [0.3, 0.4) is 0 Å². The summed E-state index contributed by atoms with van der Waals surface area (Å²) in [5, 5.41) is 4.86. The summed E-state index contributed by atoms with van der Waals surface area (Å²) in [6.07, 6.45) is 2.20. The van der Waals surface area contributed by atoms with Crippen LogP contribution in [0.1, 0.15) is 44.9 Å². The van der Waals surface area contributed by atoms with E-state index in [1.807, 2.05) is 0 Å². The number of nitrogens with one attached hydrogen (secondary N) is 1. The maximum Gasteiger partial charge on any atom is 0.120 e. The van der Waals surface area contributed by atoms with Crippen LogP contribution >= 0.6 is 0 Å². The summed E-state index contributed by atoms with van der Waals surface area (Å²) in [4.78, 5) is 0. The van der Waals surface area contributed by atoms with Crippen molar-refractivity contribution in [3.05, 3.63) is 29.5 Å². The number of fused-ring (bicyclic) bond motifs is 1. The third kappa shape index (κ3) is 3.41. The zero-order valence-corrected chi connectivity index (χ0v) is 13.8. The standard InChI is InChI=1S/C18H28N2O/c1-5-10-19-13-17-14(4)20(7-3)18-9-8-15(12-16(17)18)21-11-6-2/h8-9,12,19H,5-7,10-11,13H2,1-4H3. The minimum atomic E-state index is 0.780. The summed E-state index contributed by atoms with van der Waals surface area (Å²) in [5.74, 6) is 0.981. The molecule has 116 valence electrons. The molecule has 0 unspecified atom stereocenters. The van der Waals surface area contributed by atoms with E-state index in [-0.39, 0.29) is 0 Å². The normalized spacial score (nSPS) is 11.2. The van der Waals surface area contributed by atoms with Gasteiger partial charge in [-0.05, 0) is 57.0 Å². The summed E-state index contributed by atoms with van der Waals surface area (Å²) in [7, 11) is 0. The van der Waals surface area contributed by atoms with Crippen LogP contribution in [-0.4, -0.2) is 17.7 Å². The predicted molar refractivity (Wildman–Crippen MR) is 90.1 cm³/mol. The number of hydrogen-bond acceptors (Lipinski definition) is 2. The highest BCUT2D eigenvalue weighted by atomic mass is 16.5. The Morgan fingerprint density at radius 3 is 2.62 bits per heavy atom. The lowest BCUT2D eigenvalue weighted by Crippen LogP contribution is -2.14. The third-order valence-corrected chi connectivity index (χ3v) is 3.94. The highest BCUT2D eigenvalue weighted by molar-refractivity contribution is 5.87. The van der Waals surface area contributed by atoms with Crippen molar-refractivity contribution < 1.29 is 4.74 Å². The van der Waals surface area contributed by atoms with E-state index in [9.17, 15) is 0 Å². The molecule has 0 saturated heterocycles. The van der Waals surface area contributed by atoms with Crippen LogP contribution in [0.4, 0.5) is 0 Å². The van der Waals surface area contributed by atoms with E-state index in [0.29, 0.717) is 0 Å². The SMILES string of the molecule is CCCNCc1c(C)n(CC)c2ccc(OCCC)cc12. The van der Waals surface area contributed by atoms with Gasteiger partial charge in [0.15, 0.2) is 0 Å². The first-order valence-corrected chi connectivity index (χ1v) is 8.18. The van der Waals surface area contributed by atoms with Gasteiger partial charge in [0.05, 0.1) is 6.61 Å². The lowest BCUT2D eigenvalue weighted by atomic mass is 10.1. The van der Waals surface area contributed by atoms with E-state index >= 15 is 0 Å². The lowest BCUT2D eigenvalue weighted by Gasteiger charge is -2.06. The molecule has 0 aliphatic rings. The van der Waals surface area contributed by atoms with Gasteiger partial charge in [0, 0.05) is 29.7 Å². The van der Waals surface area contributed by atoms with Gasteiger partial charge in [-0.3, -0.25) is 0 Å². The Labute approximate surface area is 128 Å². The van der Waals surface area contributed by atoms with Crippen molar-refractivity contribution in [2.24, 2.45) is 0 Å². The van der Waals surface area contributed by atoms with Gasteiger partial charge in [0.1, 0.15) is 5.75 Å². The maximum absolute atomic E-state index is 5.80. The van der Waals surface area contributed by atoms with Crippen LogP contribution in [0.25, 0.3) is 10.9 Å². The average Bonchev–Trinajstić information content (AvgIpc) is 2.76. The van der Waals surface area contributed by atoms with Crippen molar-refractivity contribution in [2.45, 2.75) is 53.6 Å². The Hall–Kier alpha value is -1.48. The maximum atomic E-state index is 5.80. The molecule has 1 N–H and O–H groups in total. The van der Waals surface area contributed by atoms with E-state index in [1.54, 1.807) is 0 Å². The molecule has 1 aromatic carbocycles. The number of nitrogens with zero attached hydrogens (tertiary/aromatic N) is 1. The van der Waals surface area contributed by atoms with Crippen molar-refractivity contribution in [1.29, 1.82) is 0 Å². The first kappa shape index (κ1) is 15.9. The minimum absolute atomic E-state index is 0.780. The Morgan fingerprint density at radius 2 is 1.95 bits per heavy atom. The van der Waals surface area contributed by atoms with Crippen LogP contribution in [-0.2, 0) is 13.1 Å². The van der Waals surface area contributed by atoms with Crippen molar-refractivity contribution in [3.8, 4) is 5.75 Å². The fourth-order valence-electron chi connectivity index (χ4n) is 2.86. The second kappa shape index (κ2) is 7.51. The molecule has 0 radical (unpaired) electrons. The highest BCUT2D eigenvalue weighted by Gasteiger charge is 2.13. The van der Waals surface area contributed by atoms with Crippen molar-refractivity contribution >= 4 is 10.9 Å². The minimum Gasteiger partial charge on any atom is -0.494 e. The smallest absolute Gasteiger partial charge is 0.120 e. The quantitative estimate of drug-likeness (QED) is 0.735. The topological polar surface area (TPSA) is 26.2 Å². The molecule has 21 heavy (non-hydrogen) atoms. The van der Waals surface area contributed by atoms with Crippen molar-refractivity contribution in [1.82, 2.24) is 9.88 Å². The van der Waals surface area contributed by atoms with Gasteiger partial charge in [-0.15, -0.1) is 0 Å². The summed E-state index contributed by atoms with van der Waals surface area (Å²) < 4.78 is 8.19. The highest BCUT2D eigenvalue weighted by Crippen LogP contribution is 2.29. The number of rotatable bonds is 8. The fourth-order valence-corrected chi connectivity index (χ4v) is 2.86. The molecule has 0 spiro atoms. The number of ether oxygens (including phenoxy) is 1. The molecule has 3 nitrogen and oxygen atoms in total. The van der Waals surface area contributed by atoms with Gasteiger partial charge in [-0.25, -0.2) is 0 Å². The summed E-state index contributed by atoms with van der Waals surface area (Å²) in [6.45, 7) is 12.5. The number of aromatic nitrogens is 1. The molecule has 2 rings (SSSR count). The second-order valence-corrected chi connectivity index (χ2v) is 5.51. The monoisotopic (exact) mass is 288 g/mol. The average molecular weight is 288 g/mol. The zero-order valence-electron chi connectivity index (χ0n) is 13.8. The molecule has 1 aromatic heterocycles. The van der Waals surface area contributed by atoms with Gasteiger partial charge >= 0.3 is 0 Å². The van der Waals surface area contributed by atoms with Crippen molar-refractivity contribution in [2.75, 3.05) is 13.2 Å². The Balaban J connectivity index is 2.40. The van der Waals surface area contributed by atoms with Crippen LogP contribution in [0.5, 0.6) is 5.75 Å². The molecule has 0 bridgehead atoms. The number of aryl methyl sites for hydroxylation is 1. The van der Waals surface area contributed by atoms with Gasteiger partial charge in [-0.1, -0.05) is 13.8 Å². The molecular formula is C18H28N2O. The molecule has 0 atom stereocenters. The molecular weight excluding hydrogens is 260 g/mol. The summed E-state index contributed by atoms with van der Waals surface area (Å²) in [6, 6.07) is 6.49. The zero-order chi connectivity index (χ0) is 15.2. The first-order valence-electron chi connectivity index (χ1n) is 8.18.